The average Bonchev–Trinajstić information content (AvgIpc) is 2.87. The van der Waals surface area contributed by atoms with Crippen LogP contribution in [0.15, 0.2) is 76.4 Å². The van der Waals surface area contributed by atoms with Crippen molar-refractivity contribution in [2.75, 3.05) is 5.32 Å². The molecule has 0 spiro atoms. The zero-order valence-corrected chi connectivity index (χ0v) is 20.0. The Labute approximate surface area is 210 Å². The van der Waals surface area contributed by atoms with Gasteiger partial charge in [-0.15, -0.1) is 0 Å². The van der Waals surface area contributed by atoms with Gasteiger partial charge in [-0.3, -0.25) is 4.57 Å². The van der Waals surface area contributed by atoms with Gasteiger partial charge in [0.05, 0.1) is 25.4 Å². The van der Waals surface area contributed by atoms with E-state index in [1.165, 1.54) is 16.7 Å². The molecule has 4 rings (SSSR count). The molecule has 0 aliphatic rings. The van der Waals surface area contributed by atoms with Crippen molar-refractivity contribution in [1.82, 2.24) is 19.1 Å². The Morgan fingerprint density at radius 1 is 1.06 bits per heavy atom. The quantitative estimate of drug-likeness (QED) is 0.350. The minimum absolute atomic E-state index is 0.0380. The van der Waals surface area contributed by atoms with Crippen molar-refractivity contribution < 1.29 is 14.2 Å². The molecule has 0 unspecified atom stereocenters. The van der Waals surface area contributed by atoms with E-state index in [0.717, 1.165) is 16.3 Å². The molecule has 0 radical (unpaired) electrons. The maximum Gasteiger partial charge on any atom is 0.355 e. The van der Waals surface area contributed by atoms with Gasteiger partial charge in [0.15, 0.2) is 0 Å². The van der Waals surface area contributed by atoms with Gasteiger partial charge in [0, 0.05) is 16.8 Å². The fourth-order valence-corrected chi connectivity index (χ4v) is 3.44. The third kappa shape index (κ3) is 6.15. The summed E-state index contributed by atoms with van der Waals surface area (Å²) in [7, 11) is 0. The van der Waals surface area contributed by atoms with Crippen LogP contribution >= 0.6 is 11.6 Å². The molecule has 0 fully saturated rings. The number of aliphatic hydroxyl groups excluding tert-OH is 1. The molecule has 0 saturated heterocycles. The first kappa shape index (κ1) is 25.1. The van der Waals surface area contributed by atoms with Gasteiger partial charge in [0.1, 0.15) is 11.6 Å². The fourth-order valence-electron chi connectivity index (χ4n) is 3.31. The van der Waals surface area contributed by atoms with Crippen LogP contribution in [0.25, 0.3) is 0 Å². The van der Waals surface area contributed by atoms with Crippen LogP contribution in [-0.4, -0.2) is 30.3 Å². The molecule has 2 N–H and O–H groups in total. The van der Waals surface area contributed by atoms with Crippen LogP contribution in [0.4, 0.5) is 16.0 Å². The lowest BCUT2D eigenvalue weighted by molar-refractivity contribution is 0.145. The van der Waals surface area contributed by atoms with Crippen LogP contribution in [0.2, 0.25) is 5.02 Å². The highest BCUT2D eigenvalue weighted by Gasteiger charge is 2.16. The summed E-state index contributed by atoms with van der Waals surface area (Å²) in [5, 5.41) is 13.6. The number of halogens is 2. The monoisotopic (exact) mass is 511 g/mol. The number of aromatic nitrogens is 4. The van der Waals surface area contributed by atoms with Gasteiger partial charge in [-0.05, 0) is 54.4 Å². The van der Waals surface area contributed by atoms with Crippen LogP contribution < -0.4 is 21.4 Å². The molecular weight excluding hydrogens is 489 g/mol. The molecule has 2 aromatic carbocycles. The predicted octanol–water partition coefficient (Wildman–Crippen LogP) is 3.95. The first-order valence-corrected chi connectivity index (χ1v) is 11.5. The summed E-state index contributed by atoms with van der Waals surface area (Å²) in [5.74, 6) is 0.254. The van der Waals surface area contributed by atoms with E-state index in [4.69, 9.17) is 16.3 Å². The molecular formula is C25H23ClFN5O4. The molecule has 0 saturated carbocycles. The largest absolute Gasteiger partial charge is 0.439 e. The summed E-state index contributed by atoms with van der Waals surface area (Å²) in [5.41, 5.74) is -0.0768. The highest BCUT2D eigenvalue weighted by atomic mass is 35.5. The van der Waals surface area contributed by atoms with E-state index in [1.54, 1.807) is 55.5 Å². The van der Waals surface area contributed by atoms with E-state index < -0.39 is 23.3 Å². The van der Waals surface area contributed by atoms with Crippen molar-refractivity contribution in [2.24, 2.45) is 0 Å². The number of pyridine rings is 1. The molecule has 11 heteroatoms. The third-order valence-corrected chi connectivity index (χ3v) is 5.55. The Morgan fingerprint density at radius 3 is 2.42 bits per heavy atom. The Hall–Kier alpha value is -4.02. The molecule has 9 nitrogen and oxygen atoms in total. The Morgan fingerprint density at radius 2 is 1.78 bits per heavy atom. The fraction of sp³-hybridized carbons (Fsp3) is 0.200. The molecule has 186 valence electrons. The summed E-state index contributed by atoms with van der Waals surface area (Å²) in [6, 6.07) is 16.2. The number of benzene rings is 2. The first-order chi connectivity index (χ1) is 17.3. The van der Waals surface area contributed by atoms with E-state index in [1.807, 2.05) is 0 Å². The molecule has 1 atom stereocenters. The smallest absolute Gasteiger partial charge is 0.355 e. The highest BCUT2D eigenvalue weighted by Crippen LogP contribution is 2.23. The summed E-state index contributed by atoms with van der Waals surface area (Å²) in [4.78, 5) is 33.8. The number of ether oxygens (including phenoxy) is 1. The molecule has 0 amide bonds. The molecule has 0 bridgehead atoms. The van der Waals surface area contributed by atoms with Gasteiger partial charge in [0.25, 0.3) is 0 Å². The van der Waals surface area contributed by atoms with Gasteiger partial charge in [-0.1, -0.05) is 30.7 Å². The number of aliphatic hydroxyl groups is 1. The second kappa shape index (κ2) is 11.1. The minimum Gasteiger partial charge on any atom is -0.439 e. The van der Waals surface area contributed by atoms with Gasteiger partial charge in [-0.2, -0.15) is 4.98 Å². The second-order valence-corrected chi connectivity index (χ2v) is 8.39. The highest BCUT2D eigenvalue weighted by molar-refractivity contribution is 6.30. The lowest BCUT2D eigenvalue weighted by Gasteiger charge is -2.17. The third-order valence-electron chi connectivity index (χ3n) is 5.30. The first-order valence-electron chi connectivity index (χ1n) is 11.1. The van der Waals surface area contributed by atoms with Gasteiger partial charge in [0.2, 0.25) is 11.8 Å². The summed E-state index contributed by atoms with van der Waals surface area (Å²) in [6.45, 7) is 1.71. The maximum absolute atomic E-state index is 13.3. The van der Waals surface area contributed by atoms with Crippen molar-refractivity contribution in [2.45, 2.75) is 32.5 Å². The van der Waals surface area contributed by atoms with E-state index in [-0.39, 0.29) is 24.9 Å². The SMILES string of the molecule is CC[C@@H](O)Cn1c(=O)nc(Nc2ccc(Oc3ccc(F)cn3)cc2)n(Cc2ccc(Cl)cc2)c1=O. The number of hydrogen-bond acceptors (Lipinski definition) is 7. The normalized spacial score (nSPS) is 11.8. The Kier molecular flexibility index (Phi) is 7.77. The summed E-state index contributed by atoms with van der Waals surface area (Å²) < 4.78 is 20.9. The molecule has 0 aliphatic carbocycles. The van der Waals surface area contributed by atoms with Crippen molar-refractivity contribution >= 4 is 23.2 Å². The van der Waals surface area contributed by atoms with E-state index in [0.29, 0.717) is 22.9 Å². The van der Waals surface area contributed by atoms with Gasteiger partial charge < -0.3 is 15.2 Å². The number of anilines is 2. The zero-order valence-electron chi connectivity index (χ0n) is 19.3. The van der Waals surface area contributed by atoms with E-state index in [9.17, 15) is 19.1 Å². The number of rotatable bonds is 9. The van der Waals surface area contributed by atoms with Crippen molar-refractivity contribution in [3.05, 3.63) is 104 Å². The van der Waals surface area contributed by atoms with E-state index in [2.05, 4.69) is 15.3 Å². The van der Waals surface area contributed by atoms with E-state index >= 15 is 0 Å². The number of nitrogens with one attached hydrogen (secondary N) is 1. The van der Waals surface area contributed by atoms with Crippen LogP contribution in [0.3, 0.4) is 0 Å². The van der Waals surface area contributed by atoms with Crippen LogP contribution in [0.5, 0.6) is 11.6 Å². The van der Waals surface area contributed by atoms with Crippen molar-refractivity contribution in [3.8, 4) is 11.6 Å². The van der Waals surface area contributed by atoms with Crippen LogP contribution in [0, 0.1) is 5.82 Å². The molecule has 36 heavy (non-hydrogen) atoms. The zero-order chi connectivity index (χ0) is 25.7. The standard InChI is InChI=1S/C25H23ClFN5O4/c1-2-20(33)15-32-24(34)30-23(31(25(32)35)14-16-3-5-17(26)6-4-16)29-19-8-10-21(11-9-19)36-22-12-7-18(27)13-28-22/h3-13,20,33H,2,14-15H2,1H3,(H,29,30,34)/t20-/m1/s1. The molecule has 2 heterocycles. The Bertz CT molecular complexity index is 1440. The lowest BCUT2D eigenvalue weighted by atomic mass is 10.2. The summed E-state index contributed by atoms with van der Waals surface area (Å²) >= 11 is 5.98. The van der Waals surface area contributed by atoms with Crippen LogP contribution in [0.1, 0.15) is 18.9 Å². The van der Waals surface area contributed by atoms with Crippen molar-refractivity contribution in [1.29, 1.82) is 0 Å². The second-order valence-electron chi connectivity index (χ2n) is 7.95. The van der Waals surface area contributed by atoms with Gasteiger partial charge >= 0.3 is 11.4 Å². The number of nitrogens with zero attached hydrogens (tertiary/aromatic N) is 4. The average molecular weight is 512 g/mol. The molecule has 0 aliphatic heterocycles. The predicted molar refractivity (Wildman–Crippen MR) is 134 cm³/mol. The lowest BCUT2D eigenvalue weighted by Crippen LogP contribution is -2.44. The number of hydrogen-bond donors (Lipinski definition) is 2. The van der Waals surface area contributed by atoms with Crippen LogP contribution in [-0.2, 0) is 13.1 Å². The van der Waals surface area contributed by atoms with Gasteiger partial charge in [-0.25, -0.2) is 23.5 Å². The maximum atomic E-state index is 13.3. The minimum atomic E-state index is -0.858. The van der Waals surface area contributed by atoms with Crippen molar-refractivity contribution in [3.63, 3.8) is 0 Å². The Balaban J connectivity index is 1.64. The molecule has 2 aromatic heterocycles. The summed E-state index contributed by atoms with van der Waals surface area (Å²) in [6.07, 6.45) is 0.576. The molecule has 4 aromatic rings. The topological polar surface area (TPSA) is 111 Å².